The van der Waals surface area contributed by atoms with Crippen LogP contribution in [0.2, 0.25) is 0 Å². The number of halogens is 4. The van der Waals surface area contributed by atoms with Gasteiger partial charge in [0.15, 0.2) is 5.96 Å². The highest BCUT2D eigenvalue weighted by Gasteiger charge is 2.26. The highest BCUT2D eigenvalue weighted by Crippen LogP contribution is 2.18. The van der Waals surface area contributed by atoms with Crippen LogP contribution in [0.25, 0.3) is 0 Å². The summed E-state index contributed by atoms with van der Waals surface area (Å²) in [6.45, 7) is 5.68. The first-order valence-corrected chi connectivity index (χ1v) is 7.69. The van der Waals surface area contributed by atoms with E-state index >= 15 is 0 Å². The molecule has 0 heterocycles. The second-order valence-electron chi connectivity index (χ2n) is 4.89. The van der Waals surface area contributed by atoms with Crippen molar-refractivity contribution in [2.24, 2.45) is 4.99 Å². The first-order chi connectivity index (χ1) is 11.0. The molecule has 138 valence electrons. The predicted octanol–water partition coefficient (Wildman–Crippen LogP) is 3.85. The highest BCUT2D eigenvalue weighted by atomic mass is 127. The highest BCUT2D eigenvalue weighted by molar-refractivity contribution is 14.0. The zero-order chi connectivity index (χ0) is 17.1. The fourth-order valence-electron chi connectivity index (χ4n) is 1.89. The van der Waals surface area contributed by atoms with Crippen LogP contribution in [0.1, 0.15) is 31.4 Å². The van der Waals surface area contributed by atoms with Crippen LogP contribution in [-0.2, 0) is 17.9 Å². The Morgan fingerprint density at radius 1 is 1.12 bits per heavy atom. The SMILES string of the molecule is CCNC(=NCc1ccccc1COCC)NCCC(F)(F)F.I. The standard InChI is InChI=1S/C16H24F3N3O.HI/c1-3-20-15(21-10-9-16(17,18)19)22-11-13-7-5-6-8-14(13)12-23-4-2;/h5-8H,3-4,9-12H2,1-2H3,(H2,20,21,22);1H. The summed E-state index contributed by atoms with van der Waals surface area (Å²) in [6.07, 6.45) is -5.06. The van der Waals surface area contributed by atoms with Gasteiger partial charge >= 0.3 is 6.18 Å². The molecule has 0 fully saturated rings. The molecule has 1 aromatic rings. The second kappa shape index (κ2) is 12.3. The maximum Gasteiger partial charge on any atom is 0.390 e. The molecule has 0 aliphatic heterocycles. The number of alkyl halides is 3. The van der Waals surface area contributed by atoms with E-state index in [0.29, 0.717) is 32.3 Å². The van der Waals surface area contributed by atoms with Crippen molar-refractivity contribution in [3.05, 3.63) is 35.4 Å². The third-order valence-corrected chi connectivity index (χ3v) is 3.03. The molecule has 0 unspecified atom stereocenters. The van der Waals surface area contributed by atoms with E-state index in [-0.39, 0.29) is 30.5 Å². The van der Waals surface area contributed by atoms with Crippen molar-refractivity contribution >= 4 is 29.9 Å². The van der Waals surface area contributed by atoms with Gasteiger partial charge in [-0.05, 0) is 25.0 Å². The van der Waals surface area contributed by atoms with Gasteiger partial charge in [-0.1, -0.05) is 24.3 Å². The van der Waals surface area contributed by atoms with E-state index in [0.717, 1.165) is 11.1 Å². The molecule has 4 nitrogen and oxygen atoms in total. The van der Waals surface area contributed by atoms with Crippen LogP contribution in [-0.4, -0.2) is 31.8 Å². The predicted molar refractivity (Wildman–Crippen MR) is 101 cm³/mol. The number of hydrogen-bond donors (Lipinski definition) is 2. The summed E-state index contributed by atoms with van der Waals surface area (Å²) in [6, 6.07) is 7.74. The maximum absolute atomic E-state index is 12.2. The summed E-state index contributed by atoms with van der Waals surface area (Å²) < 4.78 is 42.0. The zero-order valence-corrected chi connectivity index (χ0v) is 16.3. The Bertz CT molecular complexity index is 496. The summed E-state index contributed by atoms with van der Waals surface area (Å²) in [5.74, 6) is 0.378. The van der Waals surface area contributed by atoms with Gasteiger partial charge in [-0.2, -0.15) is 13.2 Å². The zero-order valence-electron chi connectivity index (χ0n) is 13.9. The van der Waals surface area contributed by atoms with Crippen molar-refractivity contribution in [3.8, 4) is 0 Å². The van der Waals surface area contributed by atoms with Crippen LogP contribution in [0, 0.1) is 0 Å². The lowest BCUT2D eigenvalue weighted by atomic mass is 10.1. The molecule has 0 saturated heterocycles. The number of nitrogens with zero attached hydrogens (tertiary/aromatic N) is 1. The monoisotopic (exact) mass is 459 g/mol. The third kappa shape index (κ3) is 9.96. The first-order valence-electron chi connectivity index (χ1n) is 7.69. The Kier molecular flexibility index (Phi) is 11.8. The van der Waals surface area contributed by atoms with E-state index in [4.69, 9.17) is 4.74 Å². The van der Waals surface area contributed by atoms with Gasteiger partial charge in [0.05, 0.1) is 19.6 Å². The number of benzene rings is 1. The number of rotatable bonds is 8. The third-order valence-electron chi connectivity index (χ3n) is 3.03. The Hall–Kier alpha value is -1.03. The van der Waals surface area contributed by atoms with Crippen LogP contribution < -0.4 is 10.6 Å². The number of hydrogen-bond acceptors (Lipinski definition) is 2. The lowest BCUT2D eigenvalue weighted by molar-refractivity contribution is -0.132. The number of ether oxygens (including phenoxy) is 1. The van der Waals surface area contributed by atoms with Crippen LogP contribution in [0.5, 0.6) is 0 Å². The quantitative estimate of drug-likeness (QED) is 0.353. The Morgan fingerprint density at radius 3 is 2.38 bits per heavy atom. The summed E-state index contributed by atoms with van der Waals surface area (Å²) >= 11 is 0. The molecule has 24 heavy (non-hydrogen) atoms. The summed E-state index contributed by atoms with van der Waals surface area (Å²) in [5.41, 5.74) is 2.03. The topological polar surface area (TPSA) is 45.7 Å². The maximum atomic E-state index is 12.2. The van der Waals surface area contributed by atoms with Crippen LogP contribution in [0.15, 0.2) is 29.3 Å². The second-order valence-corrected chi connectivity index (χ2v) is 4.89. The van der Waals surface area contributed by atoms with E-state index in [1.165, 1.54) is 0 Å². The first kappa shape index (κ1) is 23.0. The Labute approximate surface area is 158 Å². The average Bonchev–Trinajstić information content (AvgIpc) is 2.50. The molecule has 1 rings (SSSR count). The molecule has 0 radical (unpaired) electrons. The molecule has 0 aliphatic carbocycles. The fraction of sp³-hybridized carbons (Fsp3) is 0.562. The minimum Gasteiger partial charge on any atom is -0.377 e. The van der Waals surface area contributed by atoms with Gasteiger partial charge in [0, 0.05) is 19.7 Å². The smallest absolute Gasteiger partial charge is 0.377 e. The molecule has 0 spiro atoms. The summed E-state index contributed by atoms with van der Waals surface area (Å²) in [5, 5.41) is 5.64. The average molecular weight is 459 g/mol. The van der Waals surface area contributed by atoms with Crippen molar-refractivity contribution in [3.63, 3.8) is 0 Å². The van der Waals surface area contributed by atoms with Gasteiger partial charge < -0.3 is 15.4 Å². The van der Waals surface area contributed by atoms with Crippen molar-refractivity contribution in [1.29, 1.82) is 0 Å². The molecule has 0 aliphatic rings. The number of aliphatic imine (C=N–C) groups is 1. The van der Waals surface area contributed by atoms with Gasteiger partial charge in [-0.3, -0.25) is 0 Å². The van der Waals surface area contributed by atoms with E-state index in [9.17, 15) is 13.2 Å². The number of nitrogens with one attached hydrogen (secondary N) is 2. The molecule has 0 saturated carbocycles. The van der Waals surface area contributed by atoms with Gasteiger partial charge in [-0.25, -0.2) is 4.99 Å². The molecule has 0 atom stereocenters. The Balaban J connectivity index is 0.00000529. The van der Waals surface area contributed by atoms with E-state index in [1.807, 2.05) is 38.1 Å². The van der Waals surface area contributed by atoms with E-state index < -0.39 is 12.6 Å². The fourth-order valence-corrected chi connectivity index (χ4v) is 1.89. The normalized spacial score (nSPS) is 11.8. The molecule has 8 heteroatoms. The minimum atomic E-state index is -4.17. The van der Waals surface area contributed by atoms with Crippen LogP contribution in [0.4, 0.5) is 13.2 Å². The molecular weight excluding hydrogens is 434 g/mol. The van der Waals surface area contributed by atoms with Crippen molar-refractivity contribution in [1.82, 2.24) is 10.6 Å². The van der Waals surface area contributed by atoms with Gasteiger partial charge in [0.1, 0.15) is 0 Å². The van der Waals surface area contributed by atoms with Crippen molar-refractivity contribution < 1.29 is 17.9 Å². The summed E-state index contributed by atoms with van der Waals surface area (Å²) in [4.78, 5) is 4.34. The van der Waals surface area contributed by atoms with Crippen LogP contribution in [0.3, 0.4) is 0 Å². The molecule has 0 amide bonds. The molecular formula is C16H25F3IN3O. The van der Waals surface area contributed by atoms with Crippen molar-refractivity contribution in [2.45, 2.75) is 39.6 Å². The van der Waals surface area contributed by atoms with Crippen molar-refractivity contribution in [2.75, 3.05) is 19.7 Å². The Morgan fingerprint density at radius 2 is 1.79 bits per heavy atom. The molecule has 1 aromatic carbocycles. The lowest BCUT2D eigenvalue weighted by Gasteiger charge is -2.13. The minimum absolute atomic E-state index is 0. The van der Waals surface area contributed by atoms with Gasteiger partial charge in [0.25, 0.3) is 0 Å². The van der Waals surface area contributed by atoms with E-state index in [2.05, 4.69) is 15.6 Å². The molecule has 0 bridgehead atoms. The molecule has 0 aromatic heterocycles. The molecule has 2 N–H and O–H groups in total. The summed E-state index contributed by atoms with van der Waals surface area (Å²) in [7, 11) is 0. The van der Waals surface area contributed by atoms with Gasteiger partial charge in [-0.15, -0.1) is 24.0 Å². The largest absolute Gasteiger partial charge is 0.390 e. The number of guanidine groups is 1. The lowest BCUT2D eigenvalue weighted by Crippen LogP contribution is -2.38. The van der Waals surface area contributed by atoms with Crippen LogP contribution >= 0.6 is 24.0 Å². The van der Waals surface area contributed by atoms with E-state index in [1.54, 1.807) is 0 Å². The van der Waals surface area contributed by atoms with Gasteiger partial charge in [0.2, 0.25) is 0 Å².